The average Bonchev–Trinajstić information content (AvgIpc) is 3.05. The van der Waals surface area contributed by atoms with Gasteiger partial charge in [-0.3, -0.25) is 0 Å². The molecule has 12 nitrogen and oxygen atoms in total. The maximum Gasteiger partial charge on any atom is 0.113 e. The van der Waals surface area contributed by atoms with Crippen molar-refractivity contribution in [2.45, 2.75) is 6.61 Å². The van der Waals surface area contributed by atoms with Crippen molar-refractivity contribution in [1.82, 2.24) is 0 Å². The minimum atomic E-state index is -0.474. The third-order valence-electron chi connectivity index (χ3n) is 5.43. The van der Waals surface area contributed by atoms with Gasteiger partial charge in [0, 0.05) is 0 Å². The first-order chi connectivity index (χ1) is 21.9. The van der Waals surface area contributed by atoms with Gasteiger partial charge in [0.25, 0.3) is 0 Å². The van der Waals surface area contributed by atoms with Gasteiger partial charge in [-0.2, -0.15) is 0 Å². The molecule has 13 heteroatoms. The molecule has 0 saturated carbocycles. The predicted octanol–water partition coefficient (Wildman–Crippen LogP) is 2.36. The standard InChI is InChI=1S/C31H55FO12/c32-6-7-33-8-9-34-10-11-35-12-13-36-14-15-37-16-17-38-18-19-39-20-21-40-22-23-41-24-25-42-26-27-43-28-29-44-30-31-4-2-1-3-5-31/h1-5H,6-30H2. The summed E-state index contributed by atoms with van der Waals surface area (Å²) in [5.74, 6) is 0. The van der Waals surface area contributed by atoms with Crippen molar-refractivity contribution in [3.8, 4) is 0 Å². The van der Waals surface area contributed by atoms with Gasteiger partial charge in [0.1, 0.15) is 6.67 Å². The van der Waals surface area contributed by atoms with Crippen molar-refractivity contribution in [1.29, 1.82) is 0 Å². The molecule has 0 unspecified atom stereocenters. The van der Waals surface area contributed by atoms with Crippen LogP contribution in [0.1, 0.15) is 5.56 Å². The fourth-order valence-electron chi connectivity index (χ4n) is 3.24. The van der Waals surface area contributed by atoms with Crippen LogP contribution in [0.4, 0.5) is 4.39 Å². The van der Waals surface area contributed by atoms with E-state index in [1.54, 1.807) is 0 Å². The molecule has 0 aliphatic heterocycles. The van der Waals surface area contributed by atoms with E-state index in [-0.39, 0.29) is 6.61 Å². The monoisotopic (exact) mass is 638 g/mol. The van der Waals surface area contributed by atoms with Crippen molar-refractivity contribution >= 4 is 0 Å². The van der Waals surface area contributed by atoms with E-state index in [2.05, 4.69) is 0 Å². The molecule has 258 valence electrons. The largest absolute Gasteiger partial charge is 0.377 e. The SMILES string of the molecule is FCCOCCOCCOCCOCCOCCOCCOCCOCCOCCOCCOCCOCc1ccccc1. The van der Waals surface area contributed by atoms with Crippen LogP contribution in [0.5, 0.6) is 0 Å². The Morgan fingerprint density at radius 2 is 0.523 bits per heavy atom. The molecular formula is C31H55FO12. The van der Waals surface area contributed by atoms with E-state index in [4.69, 9.17) is 56.8 Å². The Labute approximate surface area is 262 Å². The molecule has 0 heterocycles. The molecule has 0 bridgehead atoms. The van der Waals surface area contributed by atoms with Gasteiger partial charge in [-0.25, -0.2) is 4.39 Å². The first-order valence-electron chi connectivity index (χ1n) is 15.5. The number of hydrogen-bond donors (Lipinski definition) is 0. The maximum absolute atomic E-state index is 11.8. The number of halogens is 1. The zero-order valence-corrected chi connectivity index (χ0v) is 26.3. The van der Waals surface area contributed by atoms with Crippen molar-refractivity contribution in [2.24, 2.45) is 0 Å². The summed E-state index contributed by atoms with van der Waals surface area (Å²) >= 11 is 0. The van der Waals surface area contributed by atoms with Crippen LogP contribution in [-0.4, -0.2) is 159 Å². The van der Waals surface area contributed by atoms with Crippen LogP contribution in [0.3, 0.4) is 0 Å². The molecule has 0 aliphatic rings. The van der Waals surface area contributed by atoms with E-state index < -0.39 is 6.67 Å². The second-order valence-electron chi connectivity index (χ2n) is 8.96. The molecule has 1 rings (SSSR count). The molecule has 0 spiro atoms. The molecule has 0 atom stereocenters. The summed E-state index contributed by atoms with van der Waals surface area (Å²) in [6.07, 6.45) is 0. The van der Waals surface area contributed by atoms with Gasteiger partial charge in [-0.15, -0.1) is 0 Å². The molecule has 0 N–H and O–H groups in total. The lowest BCUT2D eigenvalue weighted by atomic mass is 10.2. The minimum absolute atomic E-state index is 0.113. The van der Waals surface area contributed by atoms with E-state index in [0.29, 0.717) is 152 Å². The highest BCUT2D eigenvalue weighted by Gasteiger charge is 1.97. The molecule has 0 fully saturated rings. The summed E-state index contributed by atoms with van der Waals surface area (Å²) in [5, 5.41) is 0. The molecular weight excluding hydrogens is 583 g/mol. The zero-order chi connectivity index (χ0) is 31.3. The lowest BCUT2D eigenvalue weighted by Crippen LogP contribution is -2.15. The van der Waals surface area contributed by atoms with Gasteiger partial charge in [0.15, 0.2) is 0 Å². The maximum atomic E-state index is 11.8. The van der Waals surface area contributed by atoms with Crippen LogP contribution in [0, 0.1) is 0 Å². The van der Waals surface area contributed by atoms with Crippen LogP contribution in [0.25, 0.3) is 0 Å². The highest BCUT2D eigenvalue weighted by atomic mass is 19.1. The lowest BCUT2D eigenvalue weighted by Gasteiger charge is -2.09. The Hall–Kier alpha value is -1.33. The molecule has 0 aromatic heterocycles. The van der Waals surface area contributed by atoms with Crippen molar-refractivity contribution in [3.63, 3.8) is 0 Å². The van der Waals surface area contributed by atoms with Crippen molar-refractivity contribution < 1.29 is 61.2 Å². The highest BCUT2D eigenvalue weighted by molar-refractivity contribution is 5.13. The number of rotatable bonds is 37. The minimum Gasteiger partial charge on any atom is -0.377 e. The van der Waals surface area contributed by atoms with Crippen LogP contribution in [0.15, 0.2) is 30.3 Å². The van der Waals surface area contributed by atoms with Crippen molar-refractivity contribution in [2.75, 3.05) is 159 Å². The average molecular weight is 639 g/mol. The summed E-state index contributed by atoms with van der Waals surface area (Å²) in [5.41, 5.74) is 1.16. The van der Waals surface area contributed by atoms with Gasteiger partial charge in [-0.05, 0) is 5.56 Å². The van der Waals surface area contributed by atoms with Gasteiger partial charge >= 0.3 is 0 Å². The molecule has 0 radical (unpaired) electrons. The Morgan fingerprint density at radius 1 is 0.295 bits per heavy atom. The molecule has 44 heavy (non-hydrogen) atoms. The number of benzene rings is 1. The Balaban J connectivity index is 1.61. The van der Waals surface area contributed by atoms with Gasteiger partial charge in [0.05, 0.1) is 159 Å². The summed E-state index contributed by atoms with van der Waals surface area (Å²) < 4.78 is 76.7. The molecule has 1 aromatic carbocycles. The van der Waals surface area contributed by atoms with E-state index in [1.807, 2.05) is 30.3 Å². The van der Waals surface area contributed by atoms with Gasteiger partial charge in [0.2, 0.25) is 0 Å². The summed E-state index contributed by atoms with van der Waals surface area (Å²) in [7, 11) is 0. The number of ether oxygens (including phenoxy) is 12. The molecule has 0 saturated heterocycles. The van der Waals surface area contributed by atoms with Crippen molar-refractivity contribution in [3.05, 3.63) is 35.9 Å². The van der Waals surface area contributed by atoms with E-state index >= 15 is 0 Å². The molecule has 0 amide bonds. The van der Waals surface area contributed by atoms with E-state index in [0.717, 1.165) is 5.56 Å². The van der Waals surface area contributed by atoms with Crippen LogP contribution < -0.4 is 0 Å². The highest BCUT2D eigenvalue weighted by Crippen LogP contribution is 2.00. The fourth-order valence-corrected chi connectivity index (χ4v) is 3.24. The summed E-state index contributed by atoms with van der Waals surface area (Å²) in [6, 6.07) is 10.1. The second-order valence-corrected chi connectivity index (χ2v) is 8.96. The zero-order valence-electron chi connectivity index (χ0n) is 26.3. The van der Waals surface area contributed by atoms with Gasteiger partial charge < -0.3 is 56.8 Å². The van der Waals surface area contributed by atoms with E-state index in [1.165, 1.54) is 0 Å². The molecule has 0 aliphatic carbocycles. The Kier molecular flexibility index (Phi) is 33.4. The third kappa shape index (κ3) is 32.1. The Bertz CT molecular complexity index is 662. The molecule has 1 aromatic rings. The second kappa shape index (κ2) is 36.1. The van der Waals surface area contributed by atoms with Crippen LogP contribution in [0.2, 0.25) is 0 Å². The Morgan fingerprint density at radius 3 is 0.773 bits per heavy atom. The number of hydrogen-bond acceptors (Lipinski definition) is 12. The topological polar surface area (TPSA) is 111 Å². The quantitative estimate of drug-likeness (QED) is 0.0998. The van der Waals surface area contributed by atoms with Crippen LogP contribution in [-0.2, 0) is 63.4 Å². The summed E-state index contributed by atoms with van der Waals surface area (Å²) in [4.78, 5) is 0. The number of alkyl halides is 1. The first kappa shape index (κ1) is 40.7. The fraction of sp³-hybridized carbons (Fsp3) is 0.806. The smallest absolute Gasteiger partial charge is 0.113 e. The summed E-state index contributed by atoms with van der Waals surface area (Å²) in [6.45, 7) is 11.2. The van der Waals surface area contributed by atoms with Gasteiger partial charge in [-0.1, -0.05) is 30.3 Å². The van der Waals surface area contributed by atoms with Crippen LogP contribution >= 0.6 is 0 Å². The first-order valence-corrected chi connectivity index (χ1v) is 15.5. The predicted molar refractivity (Wildman–Crippen MR) is 161 cm³/mol. The lowest BCUT2D eigenvalue weighted by molar-refractivity contribution is -0.0286. The third-order valence-corrected chi connectivity index (χ3v) is 5.43. The normalized spacial score (nSPS) is 11.5. The van der Waals surface area contributed by atoms with E-state index in [9.17, 15) is 4.39 Å².